The molecule has 0 aliphatic heterocycles. The number of aromatic nitrogens is 3. The third-order valence-corrected chi connectivity index (χ3v) is 0.929. The summed E-state index contributed by atoms with van der Waals surface area (Å²) in [6, 6.07) is 0. The summed E-state index contributed by atoms with van der Waals surface area (Å²) in [5.74, 6) is -0.476. The molecule has 60 valence electrons. The SMILES string of the molecule is O=C(O)COCc1ncn[nH]1. The highest BCUT2D eigenvalue weighted by atomic mass is 16.5. The number of aliphatic carboxylic acids is 1. The Bertz CT molecular complexity index is 221. The van der Waals surface area contributed by atoms with Gasteiger partial charge in [-0.3, -0.25) is 5.10 Å². The Morgan fingerprint density at radius 3 is 3.18 bits per heavy atom. The van der Waals surface area contributed by atoms with Crippen molar-refractivity contribution in [2.75, 3.05) is 6.61 Å². The Morgan fingerprint density at radius 2 is 2.64 bits per heavy atom. The first kappa shape index (κ1) is 7.67. The van der Waals surface area contributed by atoms with E-state index in [-0.39, 0.29) is 13.2 Å². The molecule has 11 heavy (non-hydrogen) atoms. The molecule has 0 bridgehead atoms. The van der Waals surface area contributed by atoms with Crippen LogP contribution >= 0.6 is 0 Å². The van der Waals surface area contributed by atoms with Gasteiger partial charge in [-0.05, 0) is 0 Å². The summed E-state index contributed by atoms with van der Waals surface area (Å²) >= 11 is 0. The van der Waals surface area contributed by atoms with E-state index in [0.29, 0.717) is 5.82 Å². The monoisotopic (exact) mass is 157 g/mol. The van der Waals surface area contributed by atoms with Crippen LogP contribution in [0.2, 0.25) is 0 Å². The summed E-state index contributed by atoms with van der Waals surface area (Å²) in [4.78, 5) is 13.7. The number of nitrogens with one attached hydrogen (secondary N) is 1. The molecule has 0 fully saturated rings. The molecule has 2 N–H and O–H groups in total. The van der Waals surface area contributed by atoms with Gasteiger partial charge in [0.15, 0.2) is 0 Å². The van der Waals surface area contributed by atoms with Gasteiger partial charge in [-0.15, -0.1) is 0 Å². The highest BCUT2D eigenvalue weighted by Gasteiger charge is 1.98. The van der Waals surface area contributed by atoms with Gasteiger partial charge < -0.3 is 9.84 Å². The highest BCUT2D eigenvalue weighted by Crippen LogP contribution is 1.88. The Labute approximate surface area is 62.2 Å². The maximum absolute atomic E-state index is 9.96. The summed E-state index contributed by atoms with van der Waals surface area (Å²) in [6.07, 6.45) is 1.33. The second-order valence-electron chi connectivity index (χ2n) is 1.82. The first-order valence-corrected chi connectivity index (χ1v) is 2.93. The van der Waals surface area contributed by atoms with Gasteiger partial charge in [0, 0.05) is 0 Å². The van der Waals surface area contributed by atoms with E-state index in [1.54, 1.807) is 0 Å². The molecule has 6 nitrogen and oxygen atoms in total. The molecule has 0 saturated heterocycles. The van der Waals surface area contributed by atoms with Crippen LogP contribution in [0.5, 0.6) is 0 Å². The van der Waals surface area contributed by atoms with Crippen molar-refractivity contribution in [3.05, 3.63) is 12.2 Å². The van der Waals surface area contributed by atoms with Crippen LogP contribution < -0.4 is 0 Å². The summed E-state index contributed by atoms with van der Waals surface area (Å²) in [5.41, 5.74) is 0. The van der Waals surface area contributed by atoms with Crippen molar-refractivity contribution in [3.8, 4) is 0 Å². The zero-order valence-corrected chi connectivity index (χ0v) is 5.65. The zero-order valence-electron chi connectivity index (χ0n) is 5.65. The average molecular weight is 157 g/mol. The van der Waals surface area contributed by atoms with Gasteiger partial charge in [0.05, 0.1) is 0 Å². The Balaban J connectivity index is 2.19. The molecule has 0 amide bonds. The van der Waals surface area contributed by atoms with Crippen molar-refractivity contribution in [1.82, 2.24) is 15.2 Å². The van der Waals surface area contributed by atoms with Crippen LogP contribution in [0.1, 0.15) is 5.82 Å². The molecule has 0 aliphatic rings. The molecule has 0 unspecified atom stereocenters. The zero-order chi connectivity index (χ0) is 8.10. The van der Waals surface area contributed by atoms with E-state index in [0.717, 1.165) is 0 Å². The van der Waals surface area contributed by atoms with Crippen molar-refractivity contribution in [1.29, 1.82) is 0 Å². The van der Waals surface area contributed by atoms with E-state index in [9.17, 15) is 4.79 Å². The van der Waals surface area contributed by atoms with Gasteiger partial charge in [-0.25, -0.2) is 9.78 Å². The van der Waals surface area contributed by atoms with E-state index in [1.165, 1.54) is 6.33 Å². The van der Waals surface area contributed by atoms with E-state index < -0.39 is 5.97 Å². The predicted octanol–water partition coefficient (Wildman–Crippen LogP) is -0.594. The minimum absolute atomic E-state index is 0.145. The standard InChI is InChI=1S/C5H7N3O3/c9-5(10)2-11-1-4-6-3-7-8-4/h3H,1-2H2,(H,9,10)(H,6,7,8). The van der Waals surface area contributed by atoms with Crippen molar-refractivity contribution in [2.24, 2.45) is 0 Å². The third-order valence-electron chi connectivity index (χ3n) is 0.929. The van der Waals surface area contributed by atoms with Crippen molar-refractivity contribution >= 4 is 5.97 Å². The molecule has 0 aromatic carbocycles. The number of hydrogen-bond acceptors (Lipinski definition) is 4. The highest BCUT2D eigenvalue weighted by molar-refractivity contribution is 5.67. The molecular formula is C5H7N3O3. The lowest BCUT2D eigenvalue weighted by molar-refractivity contribution is -0.142. The summed E-state index contributed by atoms with van der Waals surface area (Å²) in [6.45, 7) is -0.174. The number of aromatic amines is 1. The number of carbonyl (C=O) groups is 1. The topological polar surface area (TPSA) is 88.1 Å². The minimum Gasteiger partial charge on any atom is -0.480 e. The van der Waals surface area contributed by atoms with Gasteiger partial charge in [0.25, 0.3) is 0 Å². The molecule has 1 aromatic heterocycles. The molecule has 6 heteroatoms. The minimum atomic E-state index is -0.996. The molecule has 1 heterocycles. The predicted molar refractivity (Wildman–Crippen MR) is 33.7 cm³/mol. The number of ether oxygens (including phenoxy) is 1. The Hall–Kier alpha value is -1.43. The molecule has 0 saturated carbocycles. The summed E-state index contributed by atoms with van der Waals surface area (Å²) in [5, 5.41) is 14.3. The number of H-pyrrole nitrogens is 1. The van der Waals surface area contributed by atoms with Crippen LogP contribution in [0.4, 0.5) is 0 Å². The second-order valence-corrected chi connectivity index (χ2v) is 1.82. The summed E-state index contributed by atoms with van der Waals surface area (Å²) in [7, 11) is 0. The largest absolute Gasteiger partial charge is 0.480 e. The molecule has 0 atom stereocenters. The molecule has 1 rings (SSSR count). The molecule has 0 spiro atoms. The van der Waals surface area contributed by atoms with E-state index in [2.05, 4.69) is 15.2 Å². The van der Waals surface area contributed by atoms with Crippen molar-refractivity contribution in [2.45, 2.75) is 6.61 Å². The first-order valence-electron chi connectivity index (χ1n) is 2.93. The van der Waals surface area contributed by atoms with Gasteiger partial charge >= 0.3 is 5.97 Å². The summed E-state index contributed by atoms with van der Waals surface area (Å²) < 4.78 is 4.71. The number of hydrogen-bond donors (Lipinski definition) is 2. The van der Waals surface area contributed by atoms with Crippen molar-refractivity contribution in [3.63, 3.8) is 0 Å². The smallest absolute Gasteiger partial charge is 0.329 e. The van der Waals surface area contributed by atoms with E-state index in [4.69, 9.17) is 9.84 Å². The average Bonchev–Trinajstić information content (AvgIpc) is 2.39. The normalized spacial score (nSPS) is 9.82. The van der Waals surface area contributed by atoms with Crippen LogP contribution in [-0.4, -0.2) is 32.9 Å². The number of rotatable bonds is 4. The van der Waals surface area contributed by atoms with Gasteiger partial charge in [-0.1, -0.05) is 0 Å². The molecule has 0 aliphatic carbocycles. The second kappa shape index (κ2) is 3.67. The first-order chi connectivity index (χ1) is 5.29. The Morgan fingerprint density at radius 1 is 1.82 bits per heavy atom. The lowest BCUT2D eigenvalue weighted by atomic mass is 10.6. The lowest BCUT2D eigenvalue weighted by Gasteiger charge is -1.95. The van der Waals surface area contributed by atoms with Gasteiger partial charge in [0.2, 0.25) is 0 Å². The molecule has 0 radical (unpaired) electrons. The van der Waals surface area contributed by atoms with Gasteiger partial charge in [-0.2, -0.15) is 5.10 Å². The van der Waals surface area contributed by atoms with E-state index >= 15 is 0 Å². The van der Waals surface area contributed by atoms with Crippen LogP contribution in [0.25, 0.3) is 0 Å². The fourth-order valence-electron chi connectivity index (χ4n) is 0.535. The maximum atomic E-state index is 9.96. The number of nitrogens with zero attached hydrogens (tertiary/aromatic N) is 2. The van der Waals surface area contributed by atoms with E-state index in [1.807, 2.05) is 0 Å². The molecule has 1 aromatic rings. The quantitative estimate of drug-likeness (QED) is 0.609. The number of carboxylic acids is 1. The molecular weight excluding hydrogens is 150 g/mol. The maximum Gasteiger partial charge on any atom is 0.329 e. The third kappa shape index (κ3) is 2.76. The Kier molecular flexibility index (Phi) is 2.56. The van der Waals surface area contributed by atoms with Crippen LogP contribution in [-0.2, 0) is 16.1 Å². The van der Waals surface area contributed by atoms with Crippen molar-refractivity contribution < 1.29 is 14.6 Å². The number of carboxylic acid groups (broad SMARTS) is 1. The lowest BCUT2D eigenvalue weighted by Crippen LogP contribution is -2.07. The van der Waals surface area contributed by atoms with Gasteiger partial charge in [0.1, 0.15) is 25.4 Å². The fraction of sp³-hybridized carbons (Fsp3) is 0.400. The fourth-order valence-corrected chi connectivity index (χ4v) is 0.535. The van der Waals surface area contributed by atoms with Crippen LogP contribution in [0.15, 0.2) is 6.33 Å². The van der Waals surface area contributed by atoms with Crippen LogP contribution in [0.3, 0.4) is 0 Å². The van der Waals surface area contributed by atoms with Crippen LogP contribution in [0, 0.1) is 0 Å².